The second-order valence-electron chi connectivity index (χ2n) is 6.73. The molecule has 1 aliphatic heterocycles. The summed E-state index contributed by atoms with van der Waals surface area (Å²) in [4.78, 5) is 18.3. The summed E-state index contributed by atoms with van der Waals surface area (Å²) < 4.78 is 11.2. The van der Waals surface area contributed by atoms with Crippen molar-refractivity contribution >= 4 is 5.91 Å². The fourth-order valence-electron chi connectivity index (χ4n) is 2.86. The van der Waals surface area contributed by atoms with Crippen LogP contribution in [0.4, 0.5) is 0 Å². The Morgan fingerprint density at radius 1 is 1.35 bits per heavy atom. The lowest BCUT2D eigenvalue weighted by molar-refractivity contribution is -0.134. The Bertz CT molecular complexity index is 720. The van der Waals surface area contributed by atoms with Crippen molar-refractivity contribution in [3.8, 4) is 5.75 Å². The van der Waals surface area contributed by atoms with Crippen LogP contribution in [0.5, 0.6) is 5.75 Å². The van der Waals surface area contributed by atoms with Crippen LogP contribution in [0.3, 0.4) is 0 Å². The van der Waals surface area contributed by atoms with E-state index in [2.05, 4.69) is 4.98 Å². The summed E-state index contributed by atoms with van der Waals surface area (Å²) in [5, 5.41) is 10.9. The zero-order valence-electron chi connectivity index (χ0n) is 14.9. The smallest absolute Gasteiger partial charge is 0.227 e. The third kappa shape index (κ3) is 5.03. The molecular formula is C20H24N2O4. The first-order valence-electron chi connectivity index (χ1n) is 8.70. The Morgan fingerprint density at radius 3 is 2.88 bits per heavy atom. The van der Waals surface area contributed by atoms with Gasteiger partial charge in [0.15, 0.2) is 0 Å². The summed E-state index contributed by atoms with van der Waals surface area (Å²) >= 11 is 0. The number of ether oxygens (including phenoxy) is 2. The molecule has 6 nitrogen and oxygen atoms in total. The maximum absolute atomic E-state index is 12.6. The van der Waals surface area contributed by atoms with Gasteiger partial charge >= 0.3 is 0 Å². The van der Waals surface area contributed by atoms with Crippen molar-refractivity contribution in [2.24, 2.45) is 0 Å². The number of nitrogens with zero attached hydrogens (tertiary/aromatic N) is 2. The molecule has 0 radical (unpaired) electrons. The van der Waals surface area contributed by atoms with Gasteiger partial charge in [0.05, 0.1) is 26.2 Å². The van der Waals surface area contributed by atoms with Crippen molar-refractivity contribution in [3.05, 3.63) is 59.9 Å². The number of aryl methyl sites for hydroxylation is 1. The molecule has 138 valence electrons. The van der Waals surface area contributed by atoms with Crippen LogP contribution >= 0.6 is 0 Å². The summed E-state index contributed by atoms with van der Waals surface area (Å²) in [6.45, 7) is 3.22. The van der Waals surface area contributed by atoms with E-state index in [1.807, 2.05) is 37.3 Å². The summed E-state index contributed by atoms with van der Waals surface area (Å²) in [5.74, 6) is 0.624. The minimum absolute atomic E-state index is 0.0581. The molecule has 0 spiro atoms. The Kier molecular flexibility index (Phi) is 5.85. The van der Waals surface area contributed by atoms with Gasteiger partial charge in [0.2, 0.25) is 5.91 Å². The van der Waals surface area contributed by atoms with E-state index in [-0.39, 0.29) is 32.1 Å². The lowest BCUT2D eigenvalue weighted by Crippen LogP contribution is -2.50. The third-order valence-electron chi connectivity index (χ3n) is 4.32. The molecule has 0 saturated carbocycles. The minimum Gasteiger partial charge on any atom is -0.490 e. The molecule has 1 aromatic carbocycles. The van der Waals surface area contributed by atoms with Crippen LogP contribution in [-0.4, -0.2) is 59.4 Å². The highest BCUT2D eigenvalue weighted by Gasteiger charge is 2.35. The van der Waals surface area contributed by atoms with E-state index in [0.717, 1.165) is 11.1 Å². The number of hydrogen-bond donors (Lipinski definition) is 1. The highest BCUT2D eigenvalue weighted by Crippen LogP contribution is 2.18. The fraction of sp³-hybridized carbons (Fsp3) is 0.400. The van der Waals surface area contributed by atoms with E-state index in [9.17, 15) is 9.90 Å². The topological polar surface area (TPSA) is 71.9 Å². The Hall–Kier alpha value is -2.44. The van der Waals surface area contributed by atoms with Gasteiger partial charge in [0, 0.05) is 18.9 Å². The maximum atomic E-state index is 12.6. The number of amides is 1. The van der Waals surface area contributed by atoms with E-state index in [0.29, 0.717) is 18.9 Å². The third-order valence-corrected chi connectivity index (χ3v) is 4.32. The van der Waals surface area contributed by atoms with Crippen LogP contribution in [0.25, 0.3) is 0 Å². The predicted molar refractivity (Wildman–Crippen MR) is 97.0 cm³/mol. The molecule has 0 unspecified atom stereocenters. The van der Waals surface area contributed by atoms with Crippen LogP contribution in [0.2, 0.25) is 0 Å². The number of benzene rings is 1. The molecule has 3 rings (SSSR count). The maximum Gasteiger partial charge on any atom is 0.227 e. The second kappa shape index (κ2) is 8.29. The quantitative estimate of drug-likeness (QED) is 0.881. The van der Waals surface area contributed by atoms with Gasteiger partial charge < -0.3 is 19.5 Å². The molecule has 1 fully saturated rings. The summed E-state index contributed by atoms with van der Waals surface area (Å²) in [6.07, 6.45) is 3.61. The van der Waals surface area contributed by atoms with Gasteiger partial charge in [-0.2, -0.15) is 0 Å². The lowest BCUT2D eigenvalue weighted by atomic mass is 10.1. The van der Waals surface area contributed by atoms with Crippen LogP contribution in [0, 0.1) is 6.92 Å². The van der Waals surface area contributed by atoms with Crippen LogP contribution < -0.4 is 4.74 Å². The van der Waals surface area contributed by atoms with E-state index >= 15 is 0 Å². The normalized spacial score (nSPS) is 20.5. The van der Waals surface area contributed by atoms with Crippen molar-refractivity contribution in [1.82, 2.24) is 9.88 Å². The van der Waals surface area contributed by atoms with Crippen molar-refractivity contribution in [1.29, 1.82) is 0 Å². The molecule has 6 heteroatoms. The number of pyridine rings is 1. The first-order valence-corrected chi connectivity index (χ1v) is 8.70. The molecule has 1 N–H and O–H groups in total. The molecule has 1 aliphatic rings. The molecule has 1 saturated heterocycles. The highest BCUT2D eigenvalue weighted by molar-refractivity contribution is 5.78. The zero-order valence-corrected chi connectivity index (χ0v) is 14.9. The van der Waals surface area contributed by atoms with Gasteiger partial charge in [-0.25, -0.2) is 0 Å². The summed E-state index contributed by atoms with van der Waals surface area (Å²) in [5.41, 5.74) is 0.745. The standard InChI is InChI=1S/C20H24N2O4/c1-16-4-6-18(7-5-16)26-15-20(24)13-22(9-10-25-14-20)19(23)11-17-3-2-8-21-12-17/h2-8,12,24H,9-11,13-15H2,1H3/t20-/m1/s1. The van der Waals surface area contributed by atoms with Gasteiger partial charge in [-0.15, -0.1) is 0 Å². The van der Waals surface area contributed by atoms with Crippen LogP contribution in [-0.2, 0) is 16.0 Å². The fourth-order valence-corrected chi connectivity index (χ4v) is 2.86. The zero-order chi connectivity index (χ0) is 18.4. The summed E-state index contributed by atoms with van der Waals surface area (Å²) in [7, 11) is 0. The Labute approximate surface area is 153 Å². The van der Waals surface area contributed by atoms with Gasteiger partial charge in [0.1, 0.15) is 18.0 Å². The average molecular weight is 356 g/mol. The van der Waals surface area contributed by atoms with E-state index in [1.54, 1.807) is 23.4 Å². The first-order chi connectivity index (χ1) is 12.5. The van der Waals surface area contributed by atoms with Crippen molar-refractivity contribution in [3.63, 3.8) is 0 Å². The number of carbonyl (C=O) groups excluding carboxylic acids is 1. The predicted octanol–water partition coefficient (Wildman–Crippen LogP) is 1.60. The number of aliphatic hydroxyl groups is 1. The van der Waals surface area contributed by atoms with Gasteiger partial charge in [0.25, 0.3) is 0 Å². The van der Waals surface area contributed by atoms with Crippen molar-refractivity contribution in [2.75, 3.05) is 32.9 Å². The van der Waals surface area contributed by atoms with Crippen molar-refractivity contribution < 1.29 is 19.4 Å². The SMILES string of the molecule is Cc1ccc(OC[C@]2(O)COCCN(C(=O)Cc3cccnc3)C2)cc1. The molecule has 0 bridgehead atoms. The number of hydrogen-bond acceptors (Lipinski definition) is 5. The first kappa shape index (κ1) is 18.4. The average Bonchev–Trinajstić information content (AvgIpc) is 2.84. The molecule has 1 aromatic heterocycles. The van der Waals surface area contributed by atoms with Crippen LogP contribution in [0.1, 0.15) is 11.1 Å². The molecular weight excluding hydrogens is 332 g/mol. The van der Waals surface area contributed by atoms with E-state index in [1.165, 1.54) is 0 Å². The molecule has 1 amide bonds. The van der Waals surface area contributed by atoms with E-state index in [4.69, 9.17) is 9.47 Å². The second-order valence-corrected chi connectivity index (χ2v) is 6.73. The molecule has 0 aliphatic carbocycles. The number of aromatic nitrogens is 1. The molecule has 2 aromatic rings. The largest absolute Gasteiger partial charge is 0.490 e. The monoisotopic (exact) mass is 356 g/mol. The van der Waals surface area contributed by atoms with Gasteiger partial charge in [-0.1, -0.05) is 23.8 Å². The van der Waals surface area contributed by atoms with Crippen molar-refractivity contribution in [2.45, 2.75) is 18.9 Å². The number of carbonyl (C=O) groups is 1. The molecule has 1 atom stereocenters. The lowest BCUT2D eigenvalue weighted by Gasteiger charge is -2.30. The van der Waals surface area contributed by atoms with Gasteiger partial charge in [-0.3, -0.25) is 9.78 Å². The van der Waals surface area contributed by atoms with Crippen LogP contribution in [0.15, 0.2) is 48.8 Å². The number of β-amino-alcohol motifs (C(OH)–C–C–N with tert-alkyl or cyclic N) is 1. The highest BCUT2D eigenvalue weighted by atomic mass is 16.5. The Morgan fingerprint density at radius 2 is 2.15 bits per heavy atom. The Balaban J connectivity index is 1.61. The summed E-state index contributed by atoms with van der Waals surface area (Å²) in [6, 6.07) is 11.3. The molecule has 2 heterocycles. The number of rotatable bonds is 5. The molecule has 26 heavy (non-hydrogen) atoms. The minimum atomic E-state index is -1.24. The van der Waals surface area contributed by atoms with E-state index < -0.39 is 5.60 Å². The van der Waals surface area contributed by atoms with Gasteiger partial charge in [-0.05, 0) is 30.7 Å².